The summed E-state index contributed by atoms with van der Waals surface area (Å²) in [5.74, 6) is 2.17. The van der Waals surface area contributed by atoms with Crippen LogP contribution in [0.25, 0.3) is 11.3 Å². The molecule has 0 bridgehead atoms. The topological polar surface area (TPSA) is 94.6 Å². The molecule has 3 N–H and O–H groups in total. The number of halogens is 1. The Morgan fingerprint density at radius 1 is 1.11 bits per heavy atom. The van der Waals surface area contributed by atoms with Crippen LogP contribution >= 0.6 is 11.6 Å². The van der Waals surface area contributed by atoms with E-state index in [1.165, 1.54) is 12.1 Å². The lowest BCUT2D eigenvalue weighted by molar-refractivity contribution is 0.415. The van der Waals surface area contributed by atoms with Gasteiger partial charge in [-0.2, -0.15) is 0 Å². The van der Waals surface area contributed by atoms with Gasteiger partial charge in [0, 0.05) is 5.56 Å². The van der Waals surface area contributed by atoms with E-state index in [1.807, 2.05) is 24.3 Å². The number of hydrogen-bond acceptors (Lipinski definition) is 5. The van der Waals surface area contributed by atoms with Crippen molar-refractivity contribution in [3.8, 4) is 17.1 Å². The number of hydrogen-bond donors (Lipinski definition) is 2. The normalized spacial score (nSPS) is 11.5. The zero-order valence-electron chi connectivity index (χ0n) is 15.3. The lowest BCUT2D eigenvalue weighted by atomic mass is 10.1. The third-order valence-electron chi connectivity index (χ3n) is 4.24. The van der Waals surface area contributed by atoms with Crippen LogP contribution in [0, 0.1) is 0 Å². The summed E-state index contributed by atoms with van der Waals surface area (Å²) in [4.78, 5) is 0.117. The maximum absolute atomic E-state index is 11.3. The summed E-state index contributed by atoms with van der Waals surface area (Å²) in [6.45, 7) is 1.30. The second-order valence-corrected chi connectivity index (χ2v) is 8.20. The van der Waals surface area contributed by atoms with Crippen molar-refractivity contribution in [3.63, 3.8) is 0 Å². The fourth-order valence-corrected chi connectivity index (χ4v) is 3.51. The Morgan fingerprint density at radius 3 is 2.50 bits per heavy atom. The number of methoxy groups -OCH3 is 1. The van der Waals surface area contributed by atoms with Crippen molar-refractivity contribution < 1.29 is 17.6 Å². The first-order chi connectivity index (χ1) is 13.4. The maximum atomic E-state index is 11.3. The van der Waals surface area contributed by atoms with E-state index in [4.69, 9.17) is 25.9 Å². The maximum Gasteiger partial charge on any atom is 0.238 e. The van der Waals surface area contributed by atoms with E-state index in [9.17, 15) is 8.42 Å². The van der Waals surface area contributed by atoms with Crippen molar-refractivity contribution in [2.24, 2.45) is 5.14 Å². The highest BCUT2D eigenvalue weighted by molar-refractivity contribution is 7.89. The van der Waals surface area contributed by atoms with E-state index >= 15 is 0 Å². The molecule has 0 fully saturated rings. The Hall–Kier alpha value is -2.32. The molecule has 8 heteroatoms. The van der Waals surface area contributed by atoms with Crippen molar-refractivity contribution >= 4 is 21.6 Å². The van der Waals surface area contributed by atoms with Gasteiger partial charge in [0.15, 0.2) is 0 Å². The molecule has 0 atom stereocenters. The van der Waals surface area contributed by atoms with Crippen molar-refractivity contribution in [1.29, 1.82) is 0 Å². The average molecular weight is 421 g/mol. The number of nitrogens with two attached hydrogens (primary N) is 1. The van der Waals surface area contributed by atoms with Gasteiger partial charge in [-0.15, -0.1) is 0 Å². The van der Waals surface area contributed by atoms with Gasteiger partial charge < -0.3 is 14.5 Å². The fourth-order valence-electron chi connectivity index (χ4n) is 2.74. The molecule has 28 heavy (non-hydrogen) atoms. The lowest BCUT2D eigenvalue weighted by Gasteiger charge is -2.05. The molecule has 0 aliphatic heterocycles. The Morgan fingerprint density at radius 2 is 1.86 bits per heavy atom. The van der Waals surface area contributed by atoms with Gasteiger partial charge in [-0.3, -0.25) is 0 Å². The highest BCUT2D eigenvalue weighted by atomic mass is 35.5. The first kappa shape index (κ1) is 20.4. The standard InChI is InChI=1S/C20H21ClN2O4S/c1-26-20-8-4-15(12-18(20)21)19-9-5-16(27-19)13-23-11-10-14-2-6-17(7-3-14)28(22,24)25/h2-9,12,23H,10-11,13H2,1H3,(H2,22,24,25). The van der Waals surface area contributed by atoms with Crippen LogP contribution < -0.4 is 15.2 Å². The molecular weight excluding hydrogens is 400 g/mol. The molecule has 2 aromatic carbocycles. The highest BCUT2D eigenvalue weighted by Gasteiger charge is 2.09. The molecular formula is C20H21ClN2O4S. The first-order valence-corrected chi connectivity index (χ1v) is 10.5. The van der Waals surface area contributed by atoms with E-state index < -0.39 is 10.0 Å². The number of rotatable bonds is 8. The molecule has 0 aliphatic carbocycles. The van der Waals surface area contributed by atoms with Gasteiger partial charge in [0.1, 0.15) is 17.3 Å². The van der Waals surface area contributed by atoms with Gasteiger partial charge in [-0.05, 0) is 61.0 Å². The minimum atomic E-state index is -3.65. The molecule has 1 aromatic heterocycles. The van der Waals surface area contributed by atoms with Crippen molar-refractivity contribution in [2.45, 2.75) is 17.9 Å². The smallest absolute Gasteiger partial charge is 0.238 e. The number of sulfonamides is 1. The largest absolute Gasteiger partial charge is 0.495 e. The van der Waals surface area contributed by atoms with Gasteiger partial charge in [0.25, 0.3) is 0 Å². The molecule has 0 unspecified atom stereocenters. The van der Waals surface area contributed by atoms with E-state index in [-0.39, 0.29) is 4.90 Å². The Labute approximate surface area is 169 Å². The predicted molar refractivity (Wildman–Crippen MR) is 109 cm³/mol. The van der Waals surface area contributed by atoms with Crippen molar-refractivity contribution in [3.05, 3.63) is 70.9 Å². The summed E-state index contributed by atoms with van der Waals surface area (Å²) in [6.07, 6.45) is 0.757. The van der Waals surface area contributed by atoms with Gasteiger partial charge >= 0.3 is 0 Å². The molecule has 0 saturated carbocycles. The molecule has 0 spiro atoms. The molecule has 1 heterocycles. The summed E-state index contributed by atoms with van der Waals surface area (Å²) >= 11 is 6.16. The zero-order valence-corrected chi connectivity index (χ0v) is 16.9. The molecule has 6 nitrogen and oxygen atoms in total. The van der Waals surface area contributed by atoms with Crippen LogP contribution in [-0.4, -0.2) is 22.1 Å². The fraction of sp³-hybridized carbons (Fsp3) is 0.200. The van der Waals surface area contributed by atoms with Crippen LogP contribution in [0.4, 0.5) is 0 Å². The Bertz CT molecular complexity index is 1050. The van der Waals surface area contributed by atoms with E-state index in [1.54, 1.807) is 25.3 Å². The summed E-state index contributed by atoms with van der Waals surface area (Å²) in [5, 5.41) is 8.93. The molecule has 0 saturated heterocycles. The summed E-state index contributed by atoms with van der Waals surface area (Å²) < 4.78 is 33.5. The van der Waals surface area contributed by atoms with Gasteiger partial charge in [0.2, 0.25) is 10.0 Å². The monoisotopic (exact) mass is 420 g/mol. The molecule has 0 aliphatic rings. The third kappa shape index (κ3) is 5.14. The van der Waals surface area contributed by atoms with Crippen LogP contribution in [0.15, 0.2) is 63.9 Å². The number of benzene rings is 2. The minimum absolute atomic E-state index is 0.117. The van der Waals surface area contributed by atoms with E-state index in [0.717, 1.165) is 35.6 Å². The van der Waals surface area contributed by atoms with Crippen LogP contribution in [0.5, 0.6) is 5.75 Å². The zero-order chi connectivity index (χ0) is 20.1. The molecule has 3 rings (SSSR count). The molecule has 148 valence electrons. The number of primary sulfonamides is 1. The van der Waals surface area contributed by atoms with Crippen LogP contribution in [0.1, 0.15) is 11.3 Å². The Kier molecular flexibility index (Phi) is 6.41. The average Bonchev–Trinajstić information content (AvgIpc) is 3.14. The number of nitrogens with one attached hydrogen (secondary N) is 1. The minimum Gasteiger partial charge on any atom is -0.495 e. The molecule has 0 radical (unpaired) electrons. The quantitative estimate of drug-likeness (QED) is 0.543. The van der Waals surface area contributed by atoms with Gasteiger partial charge in [-0.25, -0.2) is 13.6 Å². The van der Waals surface area contributed by atoms with Crippen LogP contribution in [-0.2, 0) is 23.0 Å². The summed E-state index contributed by atoms with van der Waals surface area (Å²) in [6, 6.07) is 15.9. The third-order valence-corrected chi connectivity index (χ3v) is 5.46. The van der Waals surface area contributed by atoms with Gasteiger partial charge in [-0.1, -0.05) is 23.7 Å². The number of furan rings is 1. The van der Waals surface area contributed by atoms with Crippen molar-refractivity contribution in [1.82, 2.24) is 5.32 Å². The predicted octanol–water partition coefficient (Wildman–Crippen LogP) is 3.59. The Balaban J connectivity index is 1.51. The highest BCUT2D eigenvalue weighted by Crippen LogP contribution is 2.31. The van der Waals surface area contributed by atoms with Crippen LogP contribution in [0.3, 0.4) is 0 Å². The summed E-state index contributed by atoms with van der Waals surface area (Å²) in [5.41, 5.74) is 1.90. The second-order valence-electron chi connectivity index (χ2n) is 6.23. The molecule has 3 aromatic rings. The lowest BCUT2D eigenvalue weighted by Crippen LogP contribution is -2.16. The number of ether oxygens (including phenoxy) is 1. The van der Waals surface area contributed by atoms with Gasteiger partial charge in [0.05, 0.1) is 23.6 Å². The summed E-state index contributed by atoms with van der Waals surface area (Å²) in [7, 11) is -2.08. The van der Waals surface area contributed by atoms with E-state index in [2.05, 4.69) is 5.32 Å². The van der Waals surface area contributed by atoms with Crippen molar-refractivity contribution in [2.75, 3.05) is 13.7 Å². The van der Waals surface area contributed by atoms with E-state index in [0.29, 0.717) is 17.3 Å². The second kappa shape index (κ2) is 8.79. The SMILES string of the molecule is COc1ccc(-c2ccc(CNCCc3ccc(S(N)(=O)=O)cc3)o2)cc1Cl. The molecule has 0 amide bonds. The van der Waals surface area contributed by atoms with Crippen LogP contribution in [0.2, 0.25) is 5.02 Å². The first-order valence-electron chi connectivity index (χ1n) is 8.62.